The van der Waals surface area contributed by atoms with Crippen LogP contribution < -0.4 is 11.1 Å². The summed E-state index contributed by atoms with van der Waals surface area (Å²) in [4.78, 5) is 25.1. The second-order valence-corrected chi connectivity index (χ2v) is 5.68. The van der Waals surface area contributed by atoms with Gasteiger partial charge < -0.3 is 16.0 Å². The molecule has 114 valence electrons. The van der Waals surface area contributed by atoms with Crippen LogP contribution in [0.15, 0.2) is 24.3 Å². The molecule has 0 atom stereocenters. The van der Waals surface area contributed by atoms with E-state index in [-0.39, 0.29) is 11.8 Å². The lowest BCUT2D eigenvalue weighted by Gasteiger charge is -2.32. The first-order valence-corrected chi connectivity index (χ1v) is 7.41. The number of hydrogen-bond donors (Lipinski definition) is 2. The highest BCUT2D eigenvalue weighted by Gasteiger charge is 2.22. The minimum atomic E-state index is 0.0110. The minimum absolute atomic E-state index is 0.0110. The molecule has 5 nitrogen and oxygen atoms in total. The van der Waals surface area contributed by atoms with Gasteiger partial charge in [0.2, 0.25) is 11.8 Å². The summed E-state index contributed by atoms with van der Waals surface area (Å²) in [5, 5.41) is 2.85. The number of rotatable bonds is 4. The van der Waals surface area contributed by atoms with Crippen molar-refractivity contribution in [1.82, 2.24) is 10.2 Å². The quantitative estimate of drug-likeness (QED) is 0.817. The van der Waals surface area contributed by atoms with Crippen molar-refractivity contribution in [3.63, 3.8) is 0 Å². The Labute approximate surface area is 125 Å². The second kappa shape index (κ2) is 7.11. The number of benzene rings is 1. The van der Waals surface area contributed by atoms with Gasteiger partial charge in [-0.3, -0.25) is 9.59 Å². The lowest BCUT2D eigenvalue weighted by Crippen LogP contribution is -2.41. The van der Waals surface area contributed by atoms with E-state index in [1.54, 1.807) is 0 Å². The van der Waals surface area contributed by atoms with Crippen molar-refractivity contribution in [3.05, 3.63) is 29.8 Å². The Morgan fingerprint density at radius 1 is 1.24 bits per heavy atom. The average Bonchev–Trinajstić information content (AvgIpc) is 2.48. The number of piperidine rings is 1. The summed E-state index contributed by atoms with van der Waals surface area (Å²) in [6, 6.07) is 7.44. The Balaban J connectivity index is 1.77. The van der Waals surface area contributed by atoms with Crippen LogP contribution in [0.2, 0.25) is 0 Å². The Morgan fingerprint density at radius 3 is 2.43 bits per heavy atom. The molecule has 0 bridgehead atoms. The highest BCUT2D eigenvalue weighted by Crippen LogP contribution is 2.17. The lowest BCUT2D eigenvalue weighted by molar-refractivity contribution is -0.132. The van der Waals surface area contributed by atoms with Gasteiger partial charge in [-0.1, -0.05) is 12.1 Å². The predicted molar refractivity (Wildman–Crippen MR) is 82.5 cm³/mol. The molecule has 0 unspecified atom stereocenters. The van der Waals surface area contributed by atoms with E-state index in [1.807, 2.05) is 29.2 Å². The van der Waals surface area contributed by atoms with Crippen LogP contribution in [-0.2, 0) is 16.0 Å². The highest BCUT2D eigenvalue weighted by atomic mass is 16.2. The molecule has 0 spiro atoms. The lowest BCUT2D eigenvalue weighted by atomic mass is 9.96. The van der Waals surface area contributed by atoms with Crippen molar-refractivity contribution in [2.45, 2.75) is 26.2 Å². The molecule has 0 radical (unpaired) electrons. The van der Waals surface area contributed by atoms with Gasteiger partial charge in [-0.05, 0) is 36.5 Å². The summed E-state index contributed by atoms with van der Waals surface area (Å²) in [5.74, 6) is 0.657. The normalized spacial score (nSPS) is 15.8. The summed E-state index contributed by atoms with van der Waals surface area (Å²) < 4.78 is 0. The molecule has 21 heavy (non-hydrogen) atoms. The number of nitrogen functional groups attached to an aromatic ring is 1. The first-order valence-electron chi connectivity index (χ1n) is 7.41. The maximum atomic E-state index is 12.3. The molecule has 3 N–H and O–H groups in total. The van der Waals surface area contributed by atoms with Gasteiger partial charge in [-0.25, -0.2) is 0 Å². The Hall–Kier alpha value is -2.04. The number of carbonyl (C=O) groups is 2. The van der Waals surface area contributed by atoms with E-state index in [2.05, 4.69) is 5.32 Å². The molecular formula is C16H23N3O2. The molecule has 2 amide bonds. The smallest absolute Gasteiger partial charge is 0.226 e. The van der Waals surface area contributed by atoms with E-state index in [0.29, 0.717) is 18.0 Å². The molecule has 1 aliphatic rings. The summed E-state index contributed by atoms with van der Waals surface area (Å²) >= 11 is 0. The molecule has 0 aromatic heterocycles. The summed E-state index contributed by atoms with van der Waals surface area (Å²) in [6.07, 6.45) is 2.33. The van der Waals surface area contributed by atoms with Crippen LogP contribution >= 0.6 is 0 Å². The van der Waals surface area contributed by atoms with Crippen LogP contribution in [0, 0.1) is 5.92 Å². The van der Waals surface area contributed by atoms with Gasteiger partial charge in [0.1, 0.15) is 0 Å². The topological polar surface area (TPSA) is 75.4 Å². The van der Waals surface area contributed by atoms with Gasteiger partial charge in [0.05, 0.1) is 6.42 Å². The third kappa shape index (κ3) is 4.77. The zero-order chi connectivity index (χ0) is 15.2. The molecule has 0 saturated carbocycles. The van der Waals surface area contributed by atoms with E-state index < -0.39 is 0 Å². The molecule has 1 aromatic carbocycles. The van der Waals surface area contributed by atoms with Crippen LogP contribution in [0.5, 0.6) is 0 Å². The average molecular weight is 289 g/mol. The van der Waals surface area contributed by atoms with Gasteiger partial charge >= 0.3 is 0 Å². The number of amides is 2. The van der Waals surface area contributed by atoms with Crippen LogP contribution in [0.1, 0.15) is 25.3 Å². The number of anilines is 1. The van der Waals surface area contributed by atoms with E-state index in [4.69, 9.17) is 5.73 Å². The molecule has 1 aromatic rings. The fraction of sp³-hybridized carbons (Fsp3) is 0.500. The van der Waals surface area contributed by atoms with Crippen molar-refractivity contribution in [2.24, 2.45) is 5.92 Å². The highest BCUT2D eigenvalue weighted by molar-refractivity contribution is 5.79. The fourth-order valence-electron chi connectivity index (χ4n) is 2.60. The van der Waals surface area contributed by atoms with E-state index in [9.17, 15) is 9.59 Å². The number of nitrogens with zero attached hydrogens (tertiary/aromatic N) is 1. The molecule has 1 fully saturated rings. The van der Waals surface area contributed by atoms with Gasteiger partial charge in [0.25, 0.3) is 0 Å². The molecule has 0 aliphatic carbocycles. The molecule has 2 rings (SSSR count). The standard InChI is InChI=1S/C16H23N3O2/c1-12(20)18-11-14-6-8-19(9-7-14)16(21)10-13-2-4-15(17)5-3-13/h2-5,14H,6-11,17H2,1H3,(H,18,20). The first kappa shape index (κ1) is 15.4. The Bertz CT molecular complexity index is 491. The van der Waals surface area contributed by atoms with Crippen molar-refractivity contribution in [3.8, 4) is 0 Å². The van der Waals surface area contributed by atoms with Crippen LogP contribution in [0.3, 0.4) is 0 Å². The largest absolute Gasteiger partial charge is 0.399 e. The van der Waals surface area contributed by atoms with Gasteiger partial charge in [0.15, 0.2) is 0 Å². The summed E-state index contributed by atoms with van der Waals surface area (Å²) in [6.45, 7) is 3.80. The molecule has 5 heteroatoms. The van der Waals surface area contributed by atoms with Crippen LogP contribution in [0.4, 0.5) is 5.69 Å². The molecule has 1 saturated heterocycles. The number of nitrogens with two attached hydrogens (primary N) is 1. The van der Waals surface area contributed by atoms with E-state index in [0.717, 1.165) is 38.0 Å². The monoisotopic (exact) mass is 289 g/mol. The zero-order valence-corrected chi connectivity index (χ0v) is 12.5. The Morgan fingerprint density at radius 2 is 1.86 bits per heavy atom. The van der Waals surface area contributed by atoms with Gasteiger partial charge in [-0.15, -0.1) is 0 Å². The van der Waals surface area contributed by atoms with E-state index >= 15 is 0 Å². The predicted octanol–water partition coefficient (Wildman–Crippen LogP) is 1.19. The molecule has 1 heterocycles. The number of hydrogen-bond acceptors (Lipinski definition) is 3. The van der Waals surface area contributed by atoms with Gasteiger partial charge in [0, 0.05) is 32.2 Å². The van der Waals surface area contributed by atoms with Crippen LogP contribution in [0.25, 0.3) is 0 Å². The number of carbonyl (C=O) groups excluding carboxylic acids is 2. The second-order valence-electron chi connectivity index (χ2n) is 5.68. The summed E-state index contributed by atoms with van der Waals surface area (Å²) in [7, 11) is 0. The van der Waals surface area contributed by atoms with Gasteiger partial charge in [-0.2, -0.15) is 0 Å². The number of nitrogens with one attached hydrogen (secondary N) is 1. The SMILES string of the molecule is CC(=O)NCC1CCN(C(=O)Cc2ccc(N)cc2)CC1. The minimum Gasteiger partial charge on any atom is -0.399 e. The van der Waals surface area contributed by atoms with Crippen molar-refractivity contribution >= 4 is 17.5 Å². The molecule has 1 aliphatic heterocycles. The van der Waals surface area contributed by atoms with Crippen LogP contribution in [-0.4, -0.2) is 36.3 Å². The van der Waals surface area contributed by atoms with Crippen molar-refractivity contribution in [2.75, 3.05) is 25.4 Å². The maximum Gasteiger partial charge on any atom is 0.226 e. The first-order chi connectivity index (χ1) is 10.0. The fourth-order valence-corrected chi connectivity index (χ4v) is 2.60. The van der Waals surface area contributed by atoms with Crippen molar-refractivity contribution < 1.29 is 9.59 Å². The zero-order valence-electron chi connectivity index (χ0n) is 12.5. The molecular weight excluding hydrogens is 266 g/mol. The maximum absolute atomic E-state index is 12.3. The van der Waals surface area contributed by atoms with E-state index in [1.165, 1.54) is 6.92 Å². The van der Waals surface area contributed by atoms with Crippen molar-refractivity contribution in [1.29, 1.82) is 0 Å². The number of likely N-dealkylation sites (tertiary alicyclic amines) is 1. The third-order valence-electron chi connectivity index (χ3n) is 3.94. The third-order valence-corrected chi connectivity index (χ3v) is 3.94. The summed E-state index contributed by atoms with van der Waals surface area (Å²) in [5.41, 5.74) is 7.35. The Kier molecular flexibility index (Phi) is 5.20.